The van der Waals surface area contributed by atoms with Crippen molar-refractivity contribution in [3.05, 3.63) is 27.7 Å². The van der Waals surface area contributed by atoms with Crippen molar-refractivity contribution >= 4 is 15.9 Å². The van der Waals surface area contributed by atoms with Gasteiger partial charge in [-0.15, -0.1) is 0 Å². The number of halogens is 4. The average Bonchev–Trinajstić information content (AvgIpc) is 2.72. The van der Waals surface area contributed by atoms with Gasteiger partial charge in [0.25, 0.3) is 0 Å². The van der Waals surface area contributed by atoms with Gasteiger partial charge in [-0.1, -0.05) is 15.9 Å². The number of alkyl halides is 3. The highest BCUT2D eigenvalue weighted by molar-refractivity contribution is 9.10. The van der Waals surface area contributed by atoms with E-state index in [9.17, 15) is 18.3 Å². The molecule has 1 heterocycles. The molecule has 1 aromatic carbocycles. The zero-order chi connectivity index (χ0) is 12.6. The Balaban J connectivity index is 2.49. The Kier molecular flexibility index (Phi) is 3.36. The maximum atomic E-state index is 12.7. The van der Waals surface area contributed by atoms with Gasteiger partial charge in [0.05, 0.1) is 5.56 Å². The van der Waals surface area contributed by atoms with Crippen molar-refractivity contribution in [3.63, 3.8) is 0 Å². The second-order valence-corrected chi connectivity index (χ2v) is 4.95. The summed E-state index contributed by atoms with van der Waals surface area (Å²) in [6, 6.07) is 2.23. The molecule has 2 N–H and O–H groups in total. The van der Waals surface area contributed by atoms with Gasteiger partial charge in [0.1, 0.15) is 5.75 Å². The lowest BCUT2D eigenvalue weighted by Crippen LogP contribution is -2.15. The molecular weight excluding hydrogens is 299 g/mol. The van der Waals surface area contributed by atoms with E-state index in [0.717, 1.165) is 25.5 Å². The molecule has 1 atom stereocenters. The van der Waals surface area contributed by atoms with Crippen LogP contribution in [0.25, 0.3) is 0 Å². The van der Waals surface area contributed by atoms with Gasteiger partial charge < -0.3 is 10.4 Å². The second-order valence-electron chi connectivity index (χ2n) is 4.04. The van der Waals surface area contributed by atoms with Crippen LogP contribution < -0.4 is 5.32 Å². The fourth-order valence-corrected chi connectivity index (χ4v) is 2.53. The summed E-state index contributed by atoms with van der Waals surface area (Å²) in [6.45, 7) is 0.762. The normalized spacial score (nSPS) is 20.8. The van der Waals surface area contributed by atoms with Crippen molar-refractivity contribution in [1.29, 1.82) is 0 Å². The maximum Gasteiger partial charge on any atom is 0.420 e. The van der Waals surface area contributed by atoms with Crippen LogP contribution in [0.3, 0.4) is 0 Å². The molecule has 17 heavy (non-hydrogen) atoms. The summed E-state index contributed by atoms with van der Waals surface area (Å²) in [6.07, 6.45) is -2.90. The number of phenolic OH excluding ortho intramolecular Hbond substituents is 1. The van der Waals surface area contributed by atoms with Gasteiger partial charge in [0, 0.05) is 16.1 Å². The summed E-state index contributed by atoms with van der Waals surface area (Å²) < 4.78 is 38.4. The Bertz CT molecular complexity index is 427. The van der Waals surface area contributed by atoms with Crippen LogP contribution in [-0.4, -0.2) is 11.7 Å². The fourth-order valence-electron chi connectivity index (χ4n) is 2.05. The molecular formula is C11H11BrF3NO. The summed E-state index contributed by atoms with van der Waals surface area (Å²) in [7, 11) is 0. The molecule has 6 heteroatoms. The second kappa shape index (κ2) is 4.49. The minimum atomic E-state index is -4.54. The highest BCUT2D eigenvalue weighted by atomic mass is 79.9. The molecule has 0 unspecified atom stereocenters. The first-order valence-corrected chi connectivity index (χ1v) is 6.02. The topological polar surface area (TPSA) is 32.3 Å². The monoisotopic (exact) mass is 309 g/mol. The van der Waals surface area contributed by atoms with E-state index in [2.05, 4.69) is 21.2 Å². The molecule has 94 valence electrons. The van der Waals surface area contributed by atoms with Crippen LogP contribution in [0.5, 0.6) is 5.75 Å². The first-order valence-electron chi connectivity index (χ1n) is 5.22. The number of hydrogen-bond donors (Lipinski definition) is 2. The molecule has 0 spiro atoms. The largest absolute Gasteiger partial charge is 0.507 e. The number of benzene rings is 1. The summed E-state index contributed by atoms with van der Waals surface area (Å²) >= 11 is 3.05. The Morgan fingerprint density at radius 3 is 2.59 bits per heavy atom. The Morgan fingerprint density at radius 1 is 1.35 bits per heavy atom. The molecule has 1 saturated heterocycles. The molecule has 0 bridgehead atoms. The molecule has 0 amide bonds. The molecule has 1 fully saturated rings. The van der Waals surface area contributed by atoms with Crippen molar-refractivity contribution < 1.29 is 18.3 Å². The molecule has 2 rings (SSSR count). The van der Waals surface area contributed by atoms with E-state index in [1.807, 2.05) is 0 Å². The predicted octanol–water partition coefficient (Wildman–Crippen LogP) is 3.60. The number of rotatable bonds is 1. The van der Waals surface area contributed by atoms with Crippen LogP contribution in [0.4, 0.5) is 13.2 Å². The van der Waals surface area contributed by atoms with Crippen LogP contribution in [-0.2, 0) is 6.18 Å². The molecule has 0 aliphatic carbocycles. The summed E-state index contributed by atoms with van der Waals surface area (Å²) in [5, 5.41) is 12.8. The zero-order valence-corrected chi connectivity index (χ0v) is 10.4. The van der Waals surface area contributed by atoms with Crippen molar-refractivity contribution in [3.8, 4) is 5.75 Å². The molecule has 1 aliphatic heterocycles. The van der Waals surface area contributed by atoms with E-state index < -0.39 is 17.5 Å². The predicted molar refractivity (Wildman–Crippen MR) is 60.8 cm³/mol. The minimum absolute atomic E-state index is 0.200. The van der Waals surface area contributed by atoms with Gasteiger partial charge in [-0.2, -0.15) is 13.2 Å². The molecule has 0 saturated carbocycles. The molecule has 2 nitrogen and oxygen atoms in total. The van der Waals surface area contributed by atoms with Crippen molar-refractivity contribution in [2.45, 2.75) is 25.1 Å². The maximum absolute atomic E-state index is 12.7. The van der Waals surface area contributed by atoms with E-state index >= 15 is 0 Å². The highest BCUT2D eigenvalue weighted by Gasteiger charge is 2.36. The quantitative estimate of drug-likeness (QED) is 0.831. The lowest BCUT2D eigenvalue weighted by atomic mass is 10.0. The van der Waals surface area contributed by atoms with E-state index in [1.165, 1.54) is 6.07 Å². The third-order valence-electron chi connectivity index (χ3n) is 2.85. The van der Waals surface area contributed by atoms with Crippen LogP contribution >= 0.6 is 15.9 Å². The Labute approximate surface area is 105 Å². The van der Waals surface area contributed by atoms with Gasteiger partial charge in [0.2, 0.25) is 0 Å². The smallest absolute Gasteiger partial charge is 0.420 e. The van der Waals surface area contributed by atoms with E-state index in [1.54, 1.807) is 0 Å². The standard InChI is InChI=1S/C11H11BrF3NO/c12-6-4-7(9-2-1-3-16-9)10(17)8(5-6)11(13,14)15/h4-5,9,16-17H,1-3H2/t9-/m1/s1. The molecule has 1 aromatic rings. The molecule has 0 aromatic heterocycles. The van der Waals surface area contributed by atoms with Crippen LogP contribution in [0, 0.1) is 0 Å². The molecule has 1 aliphatic rings. The highest BCUT2D eigenvalue weighted by Crippen LogP contribution is 2.42. The molecule has 0 radical (unpaired) electrons. The van der Waals surface area contributed by atoms with Crippen molar-refractivity contribution in [2.24, 2.45) is 0 Å². The number of aromatic hydroxyl groups is 1. The van der Waals surface area contributed by atoms with Crippen LogP contribution in [0.2, 0.25) is 0 Å². The summed E-state index contributed by atoms with van der Waals surface area (Å²) in [5.74, 6) is -0.667. The SMILES string of the molecule is Oc1c([C@H]2CCCN2)cc(Br)cc1C(F)(F)F. The van der Waals surface area contributed by atoms with Crippen molar-refractivity contribution in [1.82, 2.24) is 5.32 Å². The van der Waals surface area contributed by atoms with Gasteiger partial charge in [-0.05, 0) is 31.5 Å². The van der Waals surface area contributed by atoms with Gasteiger partial charge in [-0.3, -0.25) is 0 Å². The minimum Gasteiger partial charge on any atom is -0.507 e. The summed E-state index contributed by atoms with van der Waals surface area (Å²) in [4.78, 5) is 0. The first kappa shape index (κ1) is 12.7. The fraction of sp³-hybridized carbons (Fsp3) is 0.455. The van der Waals surface area contributed by atoms with Gasteiger partial charge in [0.15, 0.2) is 0 Å². The van der Waals surface area contributed by atoms with E-state index in [4.69, 9.17) is 0 Å². The third-order valence-corrected chi connectivity index (χ3v) is 3.30. The van der Waals surface area contributed by atoms with Crippen LogP contribution in [0.15, 0.2) is 16.6 Å². The summed E-state index contributed by atoms with van der Waals surface area (Å²) in [5.41, 5.74) is -0.681. The average molecular weight is 310 g/mol. The van der Waals surface area contributed by atoms with Gasteiger partial charge >= 0.3 is 6.18 Å². The van der Waals surface area contributed by atoms with E-state index in [0.29, 0.717) is 10.0 Å². The zero-order valence-electron chi connectivity index (χ0n) is 8.81. The Hall–Kier alpha value is -0.750. The first-order chi connectivity index (χ1) is 7.89. The Morgan fingerprint density at radius 2 is 2.06 bits per heavy atom. The number of hydrogen-bond acceptors (Lipinski definition) is 2. The third kappa shape index (κ3) is 2.57. The lowest BCUT2D eigenvalue weighted by molar-refractivity contribution is -0.138. The van der Waals surface area contributed by atoms with E-state index in [-0.39, 0.29) is 6.04 Å². The number of phenols is 1. The van der Waals surface area contributed by atoms with Crippen LogP contribution in [0.1, 0.15) is 30.0 Å². The van der Waals surface area contributed by atoms with Crippen molar-refractivity contribution in [2.75, 3.05) is 6.54 Å². The van der Waals surface area contributed by atoms with Gasteiger partial charge in [-0.25, -0.2) is 0 Å². The number of nitrogens with one attached hydrogen (secondary N) is 1. The lowest BCUT2D eigenvalue weighted by Gasteiger charge is -2.17.